The van der Waals surface area contributed by atoms with Gasteiger partial charge in [0.2, 0.25) is 0 Å². The Hall–Kier alpha value is -11.8. The first-order chi connectivity index (χ1) is 45.3. The summed E-state index contributed by atoms with van der Waals surface area (Å²) in [6, 6.07) is 29.0. The van der Waals surface area contributed by atoms with Crippen molar-refractivity contribution in [2.45, 2.75) is 96.9 Å². The van der Waals surface area contributed by atoms with Crippen molar-refractivity contribution < 1.29 is 74.6 Å². The van der Waals surface area contributed by atoms with E-state index in [1.54, 1.807) is 55.4 Å². The van der Waals surface area contributed by atoms with E-state index in [2.05, 4.69) is 0 Å². The van der Waals surface area contributed by atoms with E-state index in [0.717, 1.165) is 44.5 Å². The summed E-state index contributed by atoms with van der Waals surface area (Å²) < 4.78 is 22.4. The number of esters is 4. The van der Waals surface area contributed by atoms with E-state index in [-0.39, 0.29) is 84.8 Å². The third kappa shape index (κ3) is 14.8. The van der Waals surface area contributed by atoms with E-state index in [9.17, 15) is 59.6 Å². The van der Waals surface area contributed by atoms with Crippen LogP contribution in [-0.2, 0) is 26.4 Å². The standard InChI is InChI=1S/2C36H32N4O8.Co/c2*1-18-16-19(2)29(20(3)17-18)32(33-21(4)30(23(6)37-33)35(41)47-27-12-8-25(9-13-27)39(43)44)34-22(5)31(24(7)38-34)36(42)48-28-14-10-26(11-15-28)40(45)46;/h2*8-17H,1-7H3,(H,37,38,41,42);/q;;+2/p-2. The van der Waals surface area contributed by atoms with E-state index >= 15 is 0 Å². The largest absolute Gasteiger partial charge is 2.00 e. The molecule has 97 heavy (non-hydrogen) atoms. The minimum absolute atomic E-state index is 0. The molecule has 24 nitrogen and oxygen atoms in total. The van der Waals surface area contributed by atoms with Gasteiger partial charge in [-0.3, -0.25) is 50.4 Å². The van der Waals surface area contributed by atoms with Crippen LogP contribution in [0.25, 0.3) is 11.1 Å². The van der Waals surface area contributed by atoms with Gasteiger partial charge in [-0.2, -0.15) is 0 Å². The van der Waals surface area contributed by atoms with Gasteiger partial charge in [0, 0.05) is 59.7 Å². The Morgan fingerprint density at radius 2 is 0.598 bits per heavy atom. The first-order valence-electron chi connectivity index (χ1n) is 29.7. The minimum Gasteiger partial charge on any atom is -0.660 e. The number of carbonyl (C=O) groups is 4. The minimum atomic E-state index is -0.676. The third-order valence-corrected chi connectivity index (χ3v) is 16.1. The molecule has 1 radical (unpaired) electrons. The number of hydrogen-bond acceptors (Lipinski definition) is 18. The Labute approximate surface area is 566 Å². The van der Waals surface area contributed by atoms with E-state index in [1.165, 1.54) is 97.1 Å². The number of nitro benzene ring substituents is 4. The molecule has 4 heterocycles. The summed E-state index contributed by atoms with van der Waals surface area (Å²) in [6.07, 6.45) is 0. The number of nitro groups is 4. The topological polar surface area (TPSA) is 331 Å². The molecule has 0 spiro atoms. The van der Waals surface area contributed by atoms with Crippen molar-refractivity contribution >= 4 is 69.2 Å². The smallest absolute Gasteiger partial charge is 0.660 e. The Kier molecular flexibility index (Phi) is 21.1. The van der Waals surface area contributed by atoms with Crippen LogP contribution in [0.2, 0.25) is 0 Å². The van der Waals surface area contributed by atoms with E-state index in [4.69, 9.17) is 38.9 Å². The average molecular weight is 1350 g/mol. The summed E-state index contributed by atoms with van der Waals surface area (Å²) in [6.45, 7) is 25.7. The number of nitrogens with zero attached hydrogens (tertiary/aromatic N) is 8. The normalized spacial score (nSPS) is 13.5. The van der Waals surface area contributed by atoms with E-state index in [1.807, 2.05) is 65.8 Å². The zero-order valence-corrected chi connectivity index (χ0v) is 56.0. The van der Waals surface area contributed by atoms with Crippen LogP contribution >= 0.6 is 0 Å². The first kappa shape index (κ1) is 71.0. The molecule has 0 atom stereocenters. The quantitative estimate of drug-likeness (QED) is 0.0375. The number of allylic oxidation sites excluding steroid dienone is 2. The second kappa shape index (κ2) is 28.8. The van der Waals surface area contributed by atoms with Crippen LogP contribution in [0.4, 0.5) is 22.7 Å². The first-order valence-corrected chi connectivity index (χ1v) is 29.7. The van der Waals surface area contributed by atoms with Crippen molar-refractivity contribution in [1.29, 1.82) is 0 Å². The van der Waals surface area contributed by atoms with Crippen molar-refractivity contribution in [3.63, 3.8) is 0 Å². The molecule has 8 aromatic rings. The maximum Gasteiger partial charge on any atom is 2.00 e. The van der Waals surface area contributed by atoms with Crippen molar-refractivity contribution in [2.24, 2.45) is 9.98 Å². The van der Waals surface area contributed by atoms with Gasteiger partial charge >= 0.3 is 40.7 Å². The molecule has 0 bridgehead atoms. The van der Waals surface area contributed by atoms with Crippen LogP contribution in [-0.4, -0.2) is 55.0 Å². The summed E-state index contributed by atoms with van der Waals surface area (Å²) >= 11 is 0. The second-order valence-electron chi connectivity index (χ2n) is 23.0. The van der Waals surface area contributed by atoms with Gasteiger partial charge in [0.15, 0.2) is 0 Å². The summed E-state index contributed by atoms with van der Waals surface area (Å²) in [5.74, 6) is -2.14. The fourth-order valence-corrected chi connectivity index (χ4v) is 12.0. The van der Waals surface area contributed by atoms with Crippen LogP contribution in [0.1, 0.15) is 127 Å². The number of aromatic nitrogens is 2. The van der Waals surface area contributed by atoms with Gasteiger partial charge < -0.3 is 28.9 Å². The number of non-ortho nitro benzene ring substituents is 4. The van der Waals surface area contributed by atoms with Crippen molar-refractivity contribution in [3.05, 3.63) is 285 Å². The number of ether oxygens (including phenoxy) is 4. The molecular formula is C72H62CoN8O16. The number of carbonyl (C=O) groups excluding carboxylic acids is 4. The second-order valence-corrected chi connectivity index (χ2v) is 23.0. The molecule has 0 amide bonds. The van der Waals surface area contributed by atoms with Crippen LogP contribution in [0.5, 0.6) is 23.0 Å². The van der Waals surface area contributed by atoms with Gasteiger partial charge in [-0.25, -0.2) is 19.2 Å². The van der Waals surface area contributed by atoms with Gasteiger partial charge in [0.05, 0.1) is 53.7 Å². The van der Waals surface area contributed by atoms with Crippen LogP contribution in [0.3, 0.4) is 0 Å². The van der Waals surface area contributed by atoms with E-state index in [0.29, 0.717) is 79.0 Å². The molecule has 2 aliphatic heterocycles. The molecular weight excluding hydrogens is 1290 g/mol. The molecule has 2 aromatic heterocycles. The number of rotatable bonds is 16. The zero-order valence-electron chi connectivity index (χ0n) is 55.0. The molecule has 0 saturated carbocycles. The number of hydrogen-bond donors (Lipinski definition) is 0. The maximum atomic E-state index is 13.5. The Bertz CT molecular complexity index is 4500. The maximum absolute atomic E-state index is 13.5. The van der Waals surface area contributed by atoms with Crippen LogP contribution < -0.4 is 28.9 Å². The predicted molar refractivity (Wildman–Crippen MR) is 357 cm³/mol. The molecule has 25 heteroatoms. The van der Waals surface area contributed by atoms with Crippen molar-refractivity contribution in [2.75, 3.05) is 0 Å². The summed E-state index contributed by atoms with van der Waals surface area (Å²) in [5.41, 5.74) is 14.9. The number of aryl methyl sites for hydroxylation is 8. The van der Waals surface area contributed by atoms with Crippen molar-refractivity contribution in [1.82, 2.24) is 9.97 Å². The molecule has 6 aromatic carbocycles. The zero-order chi connectivity index (χ0) is 70.0. The third-order valence-electron chi connectivity index (χ3n) is 16.1. The van der Waals surface area contributed by atoms with Crippen LogP contribution in [0, 0.1) is 110 Å². The summed E-state index contributed by atoms with van der Waals surface area (Å²) in [4.78, 5) is 115. The monoisotopic (exact) mass is 1350 g/mol. The molecule has 0 unspecified atom stereocenters. The van der Waals surface area contributed by atoms with Gasteiger partial charge in [-0.05, 0) is 187 Å². The van der Waals surface area contributed by atoms with Crippen LogP contribution in [0.15, 0.2) is 165 Å². The fourth-order valence-electron chi connectivity index (χ4n) is 12.0. The van der Waals surface area contributed by atoms with Gasteiger partial charge in [0.1, 0.15) is 23.0 Å². The molecule has 10 rings (SSSR count). The Balaban J connectivity index is 0.000000245. The fraction of sp³-hybridized carbons (Fsp3) is 0.194. The van der Waals surface area contributed by atoms with Gasteiger partial charge in [-0.1, -0.05) is 60.4 Å². The molecule has 2 aliphatic rings. The average Bonchev–Trinajstić information content (AvgIpc) is 1.63. The molecule has 0 fully saturated rings. The predicted octanol–water partition coefficient (Wildman–Crippen LogP) is 14.8. The van der Waals surface area contributed by atoms with E-state index < -0.39 is 43.6 Å². The summed E-state index contributed by atoms with van der Waals surface area (Å²) in [7, 11) is 0. The number of benzene rings is 6. The Morgan fingerprint density at radius 3 is 0.835 bits per heavy atom. The SMILES string of the molecule is CC1=N/C(=C(\c2[n-]c(C)c(C(=O)Oc3ccc([N+](=O)[O-])cc3)c2C)c2c(C)cc(C)cc2C)C(C)=C1C(=O)Oc1ccc([N+](=O)[O-])cc1.CC1=N/C(=C(\c2[n-]c(C)c(C(=O)Oc3ccc([N+](=O)[O-])cc3)c2C)c2c(C)cc(C)cc2C)C(C)=C1C(=O)Oc1ccc([N+](=O)[O-])cc1.[Co+2]. The van der Waals surface area contributed by atoms with Crippen molar-refractivity contribution in [3.8, 4) is 23.0 Å². The molecule has 0 N–H and O–H groups in total. The summed E-state index contributed by atoms with van der Waals surface area (Å²) in [5, 5.41) is 44.2. The molecule has 0 aliphatic carbocycles. The molecule has 0 saturated heterocycles. The van der Waals surface area contributed by atoms with Gasteiger partial charge in [0.25, 0.3) is 22.7 Å². The Morgan fingerprint density at radius 1 is 0.361 bits per heavy atom. The van der Waals surface area contributed by atoms with Gasteiger partial charge in [-0.15, -0.1) is 22.8 Å². The number of aliphatic imine (C=N–C) groups is 2. The molecule has 495 valence electrons.